The third-order valence-corrected chi connectivity index (χ3v) is 2.76. The molecule has 0 saturated carbocycles. The van der Waals surface area contributed by atoms with Gasteiger partial charge >= 0.3 is 0 Å². The number of primary amides is 1. The van der Waals surface area contributed by atoms with Crippen LogP contribution in [0.4, 0.5) is 4.39 Å². The Morgan fingerprint density at radius 1 is 1.56 bits per heavy atom. The molecule has 0 aliphatic heterocycles. The van der Waals surface area contributed by atoms with E-state index in [0.717, 1.165) is 0 Å². The number of hydrogen-bond acceptors (Lipinski definition) is 3. The van der Waals surface area contributed by atoms with Crippen LogP contribution in [-0.4, -0.2) is 24.2 Å². The van der Waals surface area contributed by atoms with Gasteiger partial charge in [-0.1, -0.05) is 6.92 Å². The molecule has 18 heavy (non-hydrogen) atoms. The van der Waals surface area contributed by atoms with Crippen molar-refractivity contribution in [1.29, 1.82) is 0 Å². The van der Waals surface area contributed by atoms with E-state index in [1.54, 1.807) is 0 Å². The van der Waals surface area contributed by atoms with Crippen molar-refractivity contribution in [1.82, 2.24) is 5.32 Å². The van der Waals surface area contributed by atoms with Crippen LogP contribution in [0.15, 0.2) is 18.2 Å². The molecule has 0 radical (unpaired) electrons. The Bertz CT molecular complexity index is 410. The SMILES string of the molecule is CC(CCO)CNCc1cc(C(N)=O)ccc1F. The maximum Gasteiger partial charge on any atom is 0.248 e. The van der Waals surface area contributed by atoms with Gasteiger partial charge in [-0.25, -0.2) is 4.39 Å². The van der Waals surface area contributed by atoms with E-state index in [4.69, 9.17) is 10.8 Å². The molecule has 1 atom stereocenters. The Kier molecular flexibility index (Phi) is 5.74. The zero-order chi connectivity index (χ0) is 13.5. The average molecular weight is 254 g/mol. The summed E-state index contributed by atoms with van der Waals surface area (Å²) in [7, 11) is 0. The number of aliphatic hydroxyl groups is 1. The maximum absolute atomic E-state index is 13.5. The highest BCUT2D eigenvalue weighted by atomic mass is 19.1. The molecule has 0 spiro atoms. The highest BCUT2D eigenvalue weighted by Crippen LogP contribution is 2.10. The van der Waals surface area contributed by atoms with E-state index >= 15 is 0 Å². The smallest absolute Gasteiger partial charge is 0.248 e. The van der Waals surface area contributed by atoms with Crippen molar-refractivity contribution in [2.45, 2.75) is 19.9 Å². The molecule has 1 rings (SSSR count). The normalized spacial score (nSPS) is 12.4. The molecule has 0 aliphatic rings. The predicted octanol–water partition coefficient (Wildman–Crippen LogP) is 1.03. The summed E-state index contributed by atoms with van der Waals surface area (Å²) in [6, 6.07) is 4.07. The Morgan fingerprint density at radius 2 is 2.28 bits per heavy atom. The van der Waals surface area contributed by atoms with E-state index in [1.807, 2.05) is 6.92 Å². The molecule has 100 valence electrons. The van der Waals surface area contributed by atoms with Gasteiger partial charge in [0.1, 0.15) is 5.82 Å². The number of halogens is 1. The molecule has 0 saturated heterocycles. The number of carbonyl (C=O) groups excluding carboxylic acids is 1. The molecule has 0 aliphatic carbocycles. The fourth-order valence-electron chi connectivity index (χ4n) is 1.64. The molecule has 5 heteroatoms. The number of hydrogen-bond donors (Lipinski definition) is 3. The van der Waals surface area contributed by atoms with Gasteiger partial charge < -0.3 is 16.2 Å². The van der Waals surface area contributed by atoms with Gasteiger partial charge in [-0.05, 0) is 37.1 Å². The summed E-state index contributed by atoms with van der Waals surface area (Å²) >= 11 is 0. The Hall–Kier alpha value is -1.46. The van der Waals surface area contributed by atoms with Gasteiger partial charge in [-0.15, -0.1) is 0 Å². The fourth-order valence-corrected chi connectivity index (χ4v) is 1.64. The molecular formula is C13H19FN2O2. The predicted molar refractivity (Wildman–Crippen MR) is 67.5 cm³/mol. The molecule has 1 unspecified atom stereocenters. The number of aliphatic hydroxyl groups excluding tert-OH is 1. The zero-order valence-corrected chi connectivity index (χ0v) is 10.4. The molecule has 1 amide bonds. The van der Waals surface area contributed by atoms with Crippen LogP contribution < -0.4 is 11.1 Å². The third-order valence-electron chi connectivity index (χ3n) is 2.76. The van der Waals surface area contributed by atoms with Gasteiger partial charge in [-0.2, -0.15) is 0 Å². The van der Waals surface area contributed by atoms with Gasteiger partial charge in [0, 0.05) is 24.3 Å². The second-order valence-corrected chi connectivity index (χ2v) is 4.42. The fraction of sp³-hybridized carbons (Fsp3) is 0.462. The molecule has 1 aromatic carbocycles. The summed E-state index contributed by atoms with van der Waals surface area (Å²) < 4.78 is 13.5. The van der Waals surface area contributed by atoms with Crippen LogP contribution in [0.3, 0.4) is 0 Å². The second kappa shape index (κ2) is 7.08. The Labute approximate surface area is 106 Å². The van der Waals surface area contributed by atoms with Crippen molar-refractivity contribution >= 4 is 5.91 Å². The molecule has 4 nitrogen and oxygen atoms in total. The molecule has 0 aromatic heterocycles. The standard InChI is InChI=1S/C13H19FN2O2/c1-9(4-5-17)7-16-8-11-6-10(13(15)18)2-3-12(11)14/h2-3,6,9,16-17H,4-5,7-8H2,1H3,(H2,15,18). The van der Waals surface area contributed by atoms with Gasteiger partial charge in [-0.3, -0.25) is 4.79 Å². The topological polar surface area (TPSA) is 75.3 Å². The van der Waals surface area contributed by atoms with Crippen molar-refractivity contribution < 1.29 is 14.3 Å². The number of nitrogens with one attached hydrogen (secondary N) is 1. The average Bonchev–Trinajstić information content (AvgIpc) is 2.31. The third kappa shape index (κ3) is 4.43. The van der Waals surface area contributed by atoms with Crippen LogP contribution in [0.25, 0.3) is 0 Å². The summed E-state index contributed by atoms with van der Waals surface area (Å²) in [5.74, 6) is -0.607. The molecule has 0 bridgehead atoms. The van der Waals surface area contributed by atoms with Crippen LogP contribution in [0.1, 0.15) is 29.3 Å². The number of carbonyl (C=O) groups is 1. The van der Waals surface area contributed by atoms with E-state index in [0.29, 0.717) is 36.6 Å². The highest BCUT2D eigenvalue weighted by Gasteiger charge is 2.07. The van der Waals surface area contributed by atoms with E-state index in [-0.39, 0.29) is 12.4 Å². The quantitative estimate of drug-likeness (QED) is 0.680. The molecule has 4 N–H and O–H groups in total. The van der Waals surface area contributed by atoms with Crippen LogP contribution >= 0.6 is 0 Å². The van der Waals surface area contributed by atoms with Gasteiger partial charge in [0.25, 0.3) is 0 Å². The zero-order valence-electron chi connectivity index (χ0n) is 10.4. The van der Waals surface area contributed by atoms with E-state index in [2.05, 4.69) is 5.32 Å². The van der Waals surface area contributed by atoms with Crippen molar-refractivity contribution in [2.24, 2.45) is 11.7 Å². The van der Waals surface area contributed by atoms with Crippen molar-refractivity contribution in [3.05, 3.63) is 35.1 Å². The first kappa shape index (κ1) is 14.6. The van der Waals surface area contributed by atoms with E-state index < -0.39 is 5.91 Å². The van der Waals surface area contributed by atoms with Gasteiger partial charge in [0.05, 0.1) is 0 Å². The second-order valence-electron chi connectivity index (χ2n) is 4.42. The van der Waals surface area contributed by atoms with E-state index in [1.165, 1.54) is 18.2 Å². The van der Waals surface area contributed by atoms with Crippen LogP contribution in [0, 0.1) is 11.7 Å². The lowest BCUT2D eigenvalue weighted by atomic mass is 10.1. The number of benzene rings is 1. The minimum Gasteiger partial charge on any atom is -0.396 e. The summed E-state index contributed by atoms with van der Waals surface area (Å²) in [6.07, 6.45) is 0.705. The first-order valence-corrected chi connectivity index (χ1v) is 5.94. The number of rotatable bonds is 7. The lowest BCUT2D eigenvalue weighted by Crippen LogP contribution is -2.22. The minimum atomic E-state index is -0.565. The lowest BCUT2D eigenvalue weighted by molar-refractivity contribution is 0.1000. The molecule has 0 heterocycles. The lowest BCUT2D eigenvalue weighted by Gasteiger charge is -2.11. The maximum atomic E-state index is 13.5. The molecule has 1 aromatic rings. The van der Waals surface area contributed by atoms with Crippen molar-refractivity contribution in [2.75, 3.05) is 13.2 Å². The number of nitrogens with two attached hydrogens (primary N) is 1. The van der Waals surface area contributed by atoms with Crippen LogP contribution in [0.5, 0.6) is 0 Å². The summed E-state index contributed by atoms with van der Waals surface area (Å²) in [5.41, 5.74) is 5.86. The van der Waals surface area contributed by atoms with Crippen LogP contribution in [-0.2, 0) is 6.54 Å². The molecular weight excluding hydrogens is 235 g/mol. The van der Waals surface area contributed by atoms with Crippen molar-refractivity contribution in [3.8, 4) is 0 Å². The van der Waals surface area contributed by atoms with E-state index in [9.17, 15) is 9.18 Å². The first-order valence-electron chi connectivity index (χ1n) is 5.94. The van der Waals surface area contributed by atoms with Gasteiger partial charge in [0.2, 0.25) is 5.91 Å². The minimum absolute atomic E-state index is 0.147. The molecule has 0 fully saturated rings. The summed E-state index contributed by atoms with van der Waals surface area (Å²) in [6.45, 7) is 3.16. The highest BCUT2D eigenvalue weighted by molar-refractivity contribution is 5.92. The van der Waals surface area contributed by atoms with Crippen molar-refractivity contribution in [3.63, 3.8) is 0 Å². The monoisotopic (exact) mass is 254 g/mol. The van der Waals surface area contributed by atoms with Crippen LogP contribution in [0.2, 0.25) is 0 Å². The Morgan fingerprint density at radius 3 is 2.89 bits per heavy atom. The first-order chi connectivity index (χ1) is 8.54. The Balaban J connectivity index is 2.56. The van der Waals surface area contributed by atoms with Gasteiger partial charge in [0.15, 0.2) is 0 Å². The summed E-state index contributed by atoms with van der Waals surface area (Å²) in [5, 5.41) is 11.8. The largest absolute Gasteiger partial charge is 0.396 e. The number of amides is 1. The summed E-state index contributed by atoms with van der Waals surface area (Å²) in [4.78, 5) is 11.0.